The van der Waals surface area contributed by atoms with Crippen LogP contribution in [0, 0.1) is 13.8 Å². The number of aromatic nitrogens is 2. The van der Waals surface area contributed by atoms with Crippen molar-refractivity contribution in [3.8, 4) is 11.4 Å². The van der Waals surface area contributed by atoms with Crippen LogP contribution < -0.4 is 15.0 Å². The first-order chi connectivity index (χ1) is 14.6. The molecule has 156 valence electrons. The van der Waals surface area contributed by atoms with E-state index in [-0.39, 0.29) is 5.91 Å². The highest BCUT2D eigenvalue weighted by Gasteiger charge is 2.20. The van der Waals surface area contributed by atoms with Gasteiger partial charge >= 0.3 is 0 Å². The van der Waals surface area contributed by atoms with Crippen LogP contribution in [0.4, 0.5) is 11.5 Å². The van der Waals surface area contributed by atoms with E-state index in [9.17, 15) is 4.79 Å². The number of methoxy groups -OCH3 is 1. The van der Waals surface area contributed by atoms with Crippen molar-refractivity contribution in [2.24, 2.45) is 0 Å². The van der Waals surface area contributed by atoms with Crippen LogP contribution in [0.15, 0.2) is 48.7 Å². The fourth-order valence-electron chi connectivity index (χ4n) is 3.83. The fraction of sp³-hybridized carbons (Fsp3) is 0.304. The van der Waals surface area contributed by atoms with Gasteiger partial charge in [-0.15, -0.1) is 0 Å². The van der Waals surface area contributed by atoms with E-state index in [0.717, 1.165) is 41.7 Å². The molecule has 1 aliphatic heterocycles. The summed E-state index contributed by atoms with van der Waals surface area (Å²) in [6, 6.07) is 13.4. The van der Waals surface area contributed by atoms with E-state index in [4.69, 9.17) is 9.47 Å². The molecule has 0 spiro atoms. The lowest BCUT2D eigenvalue weighted by Gasteiger charge is -2.29. The van der Waals surface area contributed by atoms with Gasteiger partial charge in [-0.05, 0) is 56.3 Å². The first kappa shape index (κ1) is 20.0. The van der Waals surface area contributed by atoms with Crippen LogP contribution in [0.2, 0.25) is 0 Å². The maximum atomic E-state index is 13.2. The Morgan fingerprint density at radius 1 is 1.13 bits per heavy atom. The summed E-state index contributed by atoms with van der Waals surface area (Å²) in [7, 11) is 1.65. The zero-order valence-corrected chi connectivity index (χ0v) is 17.5. The first-order valence-electron chi connectivity index (χ1n) is 10.0. The van der Waals surface area contributed by atoms with Crippen molar-refractivity contribution in [1.82, 2.24) is 9.55 Å². The normalized spacial score (nSPS) is 13.9. The molecule has 2 aromatic heterocycles. The van der Waals surface area contributed by atoms with Crippen molar-refractivity contribution in [2.45, 2.75) is 13.8 Å². The first-order valence-corrected chi connectivity index (χ1v) is 10.0. The predicted molar refractivity (Wildman–Crippen MR) is 117 cm³/mol. The number of nitrogens with one attached hydrogen (secondary N) is 1. The second kappa shape index (κ2) is 8.59. The Balaban J connectivity index is 1.61. The Morgan fingerprint density at radius 3 is 2.57 bits per heavy atom. The number of carbonyl (C=O) groups is 1. The summed E-state index contributed by atoms with van der Waals surface area (Å²) in [5.41, 5.74) is 4.20. The number of ether oxygens (including phenoxy) is 2. The van der Waals surface area contributed by atoms with E-state index in [1.807, 2.05) is 56.3 Å². The van der Waals surface area contributed by atoms with Crippen LogP contribution in [-0.4, -0.2) is 48.9 Å². The van der Waals surface area contributed by atoms with Crippen LogP contribution in [0.1, 0.15) is 21.7 Å². The molecule has 1 fully saturated rings. The van der Waals surface area contributed by atoms with E-state index >= 15 is 0 Å². The number of benzene rings is 1. The molecule has 1 amide bonds. The average molecular weight is 406 g/mol. The van der Waals surface area contributed by atoms with Crippen molar-refractivity contribution in [2.75, 3.05) is 43.6 Å². The lowest BCUT2D eigenvalue weighted by molar-refractivity contribution is 0.102. The summed E-state index contributed by atoms with van der Waals surface area (Å²) in [6.45, 7) is 6.78. The van der Waals surface area contributed by atoms with Crippen LogP contribution in [-0.2, 0) is 4.74 Å². The zero-order chi connectivity index (χ0) is 21.1. The SMILES string of the molecule is COc1ccc(-n2c(C)cc(C(=O)Nc3cccnc3N3CCOCC3)c2C)cc1. The van der Waals surface area contributed by atoms with Gasteiger partial charge in [0.2, 0.25) is 0 Å². The summed E-state index contributed by atoms with van der Waals surface area (Å²) in [5, 5.41) is 3.06. The third-order valence-electron chi connectivity index (χ3n) is 5.35. The number of anilines is 2. The van der Waals surface area contributed by atoms with Crippen molar-refractivity contribution in [3.05, 3.63) is 65.6 Å². The molecule has 30 heavy (non-hydrogen) atoms. The number of hydrogen-bond acceptors (Lipinski definition) is 5. The average Bonchev–Trinajstić information content (AvgIpc) is 3.09. The van der Waals surface area contributed by atoms with Gasteiger partial charge in [0.15, 0.2) is 5.82 Å². The van der Waals surface area contributed by atoms with E-state index in [1.54, 1.807) is 13.3 Å². The van der Waals surface area contributed by atoms with E-state index in [1.165, 1.54) is 0 Å². The molecule has 3 aromatic rings. The molecule has 0 saturated carbocycles. The molecule has 7 heteroatoms. The number of carbonyl (C=O) groups excluding carboxylic acids is 1. The third kappa shape index (κ3) is 3.89. The maximum Gasteiger partial charge on any atom is 0.257 e. The number of aryl methyl sites for hydroxylation is 1. The van der Waals surface area contributed by atoms with Gasteiger partial charge in [0.05, 0.1) is 31.6 Å². The maximum absolute atomic E-state index is 13.2. The molecular formula is C23H26N4O3. The monoisotopic (exact) mass is 406 g/mol. The minimum Gasteiger partial charge on any atom is -0.497 e. The molecular weight excluding hydrogens is 380 g/mol. The summed E-state index contributed by atoms with van der Waals surface area (Å²) < 4.78 is 12.7. The third-order valence-corrected chi connectivity index (χ3v) is 5.35. The van der Waals surface area contributed by atoms with Crippen LogP contribution in [0.5, 0.6) is 5.75 Å². The Hall–Kier alpha value is -3.32. The fourth-order valence-corrected chi connectivity index (χ4v) is 3.83. The predicted octanol–water partition coefficient (Wildman–Crippen LogP) is 3.59. The van der Waals surface area contributed by atoms with E-state index < -0.39 is 0 Å². The molecule has 0 unspecified atom stereocenters. The molecule has 0 radical (unpaired) electrons. The lowest BCUT2D eigenvalue weighted by Crippen LogP contribution is -2.37. The Bertz CT molecular complexity index is 1040. The van der Waals surface area contributed by atoms with Crippen molar-refractivity contribution < 1.29 is 14.3 Å². The Morgan fingerprint density at radius 2 is 1.87 bits per heavy atom. The molecule has 0 atom stereocenters. The lowest BCUT2D eigenvalue weighted by atomic mass is 10.2. The number of nitrogens with zero attached hydrogens (tertiary/aromatic N) is 3. The minimum absolute atomic E-state index is 0.148. The quantitative estimate of drug-likeness (QED) is 0.701. The van der Waals surface area contributed by atoms with Gasteiger partial charge in [0, 0.05) is 36.4 Å². The van der Waals surface area contributed by atoms with Crippen LogP contribution in [0.25, 0.3) is 5.69 Å². The molecule has 1 N–H and O–H groups in total. The Labute approximate surface area is 176 Å². The standard InChI is InChI=1S/C23H26N4O3/c1-16-15-20(17(2)27(16)18-6-8-19(29-3)9-7-18)23(28)25-21-5-4-10-24-22(21)26-11-13-30-14-12-26/h4-10,15H,11-14H2,1-3H3,(H,25,28). The van der Waals surface area contributed by atoms with Crippen molar-refractivity contribution in [1.29, 1.82) is 0 Å². The van der Waals surface area contributed by atoms with Gasteiger partial charge in [0.1, 0.15) is 5.75 Å². The van der Waals surface area contributed by atoms with Gasteiger partial charge < -0.3 is 24.3 Å². The summed E-state index contributed by atoms with van der Waals surface area (Å²) >= 11 is 0. The Kier molecular flexibility index (Phi) is 5.72. The van der Waals surface area contributed by atoms with Crippen molar-refractivity contribution in [3.63, 3.8) is 0 Å². The summed E-state index contributed by atoms with van der Waals surface area (Å²) in [4.78, 5) is 19.8. The molecule has 0 aliphatic carbocycles. The van der Waals surface area contributed by atoms with Gasteiger partial charge in [-0.2, -0.15) is 0 Å². The van der Waals surface area contributed by atoms with E-state index in [0.29, 0.717) is 24.5 Å². The minimum atomic E-state index is -0.148. The number of pyridine rings is 1. The molecule has 7 nitrogen and oxygen atoms in total. The second-order valence-corrected chi connectivity index (χ2v) is 7.25. The number of rotatable bonds is 5. The molecule has 0 bridgehead atoms. The highest BCUT2D eigenvalue weighted by Crippen LogP contribution is 2.27. The molecule has 4 rings (SSSR count). The van der Waals surface area contributed by atoms with Gasteiger partial charge in [-0.25, -0.2) is 4.98 Å². The topological polar surface area (TPSA) is 68.6 Å². The van der Waals surface area contributed by atoms with Crippen molar-refractivity contribution >= 4 is 17.4 Å². The molecule has 1 aromatic carbocycles. The number of amides is 1. The molecule has 1 saturated heterocycles. The largest absolute Gasteiger partial charge is 0.497 e. The number of morpholine rings is 1. The smallest absolute Gasteiger partial charge is 0.257 e. The zero-order valence-electron chi connectivity index (χ0n) is 17.5. The highest BCUT2D eigenvalue weighted by atomic mass is 16.5. The molecule has 1 aliphatic rings. The summed E-state index contributed by atoms with van der Waals surface area (Å²) in [5.74, 6) is 1.43. The number of hydrogen-bond donors (Lipinski definition) is 1. The van der Waals surface area contributed by atoms with Gasteiger partial charge in [-0.3, -0.25) is 4.79 Å². The second-order valence-electron chi connectivity index (χ2n) is 7.25. The van der Waals surface area contributed by atoms with Gasteiger partial charge in [-0.1, -0.05) is 0 Å². The van der Waals surface area contributed by atoms with Crippen LogP contribution >= 0.6 is 0 Å². The van der Waals surface area contributed by atoms with Gasteiger partial charge in [0.25, 0.3) is 5.91 Å². The highest BCUT2D eigenvalue weighted by molar-refractivity contribution is 6.06. The molecule has 3 heterocycles. The van der Waals surface area contributed by atoms with E-state index in [2.05, 4.69) is 19.8 Å². The van der Waals surface area contributed by atoms with Crippen LogP contribution in [0.3, 0.4) is 0 Å². The summed E-state index contributed by atoms with van der Waals surface area (Å²) in [6.07, 6.45) is 1.75.